The van der Waals surface area contributed by atoms with Crippen molar-refractivity contribution >= 4 is 17.2 Å². The number of nitrogen functional groups attached to an aromatic ring is 1. The van der Waals surface area contributed by atoms with Gasteiger partial charge in [-0.3, -0.25) is 0 Å². The highest BCUT2D eigenvalue weighted by Crippen LogP contribution is 2.23. The molecule has 2 N–H and O–H groups in total. The first-order valence-electron chi connectivity index (χ1n) is 5.30. The van der Waals surface area contributed by atoms with Crippen LogP contribution >= 0.6 is 0 Å². The third kappa shape index (κ3) is 2.36. The van der Waals surface area contributed by atoms with Gasteiger partial charge in [0.1, 0.15) is 11.6 Å². The van der Waals surface area contributed by atoms with Crippen LogP contribution in [-0.4, -0.2) is 12.0 Å². The molecule has 0 radical (unpaired) electrons. The molecule has 1 aromatic carbocycles. The molecule has 0 aliphatic rings. The fourth-order valence-corrected chi connectivity index (χ4v) is 1.54. The Labute approximate surface area is 99.7 Å². The maximum atomic E-state index is 12.8. The average Bonchev–Trinajstić information content (AvgIpc) is 2.33. The van der Waals surface area contributed by atoms with Crippen LogP contribution in [0.15, 0.2) is 36.4 Å². The van der Waals surface area contributed by atoms with E-state index in [9.17, 15) is 4.39 Å². The van der Waals surface area contributed by atoms with E-state index in [1.807, 2.05) is 31.0 Å². The van der Waals surface area contributed by atoms with Crippen LogP contribution in [0.1, 0.15) is 5.69 Å². The highest BCUT2D eigenvalue weighted by molar-refractivity contribution is 5.61. The van der Waals surface area contributed by atoms with Gasteiger partial charge in [-0.2, -0.15) is 0 Å². The highest BCUT2D eigenvalue weighted by Gasteiger charge is 2.06. The molecule has 0 saturated heterocycles. The molecule has 0 aliphatic carbocycles. The van der Waals surface area contributed by atoms with Crippen LogP contribution < -0.4 is 10.6 Å². The van der Waals surface area contributed by atoms with E-state index in [1.54, 1.807) is 12.1 Å². The van der Waals surface area contributed by atoms with Gasteiger partial charge in [0.05, 0.1) is 11.4 Å². The zero-order chi connectivity index (χ0) is 12.4. The Kier molecular flexibility index (Phi) is 2.95. The monoisotopic (exact) mass is 231 g/mol. The van der Waals surface area contributed by atoms with Gasteiger partial charge in [-0.1, -0.05) is 0 Å². The van der Waals surface area contributed by atoms with E-state index in [1.165, 1.54) is 12.1 Å². The van der Waals surface area contributed by atoms with E-state index in [-0.39, 0.29) is 5.82 Å². The second-order valence-electron chi connectivity index (χ2n) is 3.88. The summed E-state index contributed by atoms with van der Waals surface area (Å²) >= 11 is 0. The van der Waals surface area contributed by atoms with Crippen molar-refractivity contribution in [3.8, 4) is 0 Å². The number of rotatable bonds is 2. The largest absolute Gasteiger partial charge is 0.397 e. The summed E-state index contributed by atoms with van der Waals surface area (Å²) in [6.07, 6.45) is 0. The normalized spacial score (nSPS) is 10.3. The molecule has 0 aliphatic heterocycles. The fourth-order valence-electron chi connectivity index (χ4n) is 1.54. The number of pyridine rings is 1. The van der Waals surface area contributed by atoms with Gasteiger partial charge in [0.15, 0.2) is 0 Å². The number of anilines is 3. The molecule has 2 aromatic rings. The fraction of sp³-hybridized carbons (Fsp3) is 0.154. The summed E-state index contributed by atoms with van der Waals surface area (Å²) in [5.41, 5.74) is 8.05. The van der Waals surface area contributed by atoms with E-state index in [0.717, 1.165) is 17.2 Å². The van der Waals surface area contributed by atoms with Crippen molar-refractivity contribution in [1.82, 2.24) is 4.98 Å². The van der Waals surface area contributed by atoms with Crippen molar-refractivity contribution in [1.29, 1.82) is 0 Å². The third-order valence-electron chi connectivity index (χ3n) is 2.67. The van der Waals surface area contributed by atoms with Crippen LogP contribution in [0.25, 0.3) is 0 Å². The highest BCUT2D eigenvalue weighted by atomic mass is 19.1. The van der Waals surface area contributed by atoms with Gasteiger partial charge in [-0.25, -0.2) is 9.37 Å². The Morgan fingerprint density at radius 1 is 1.12 bits per heavy atom. The summed E-state index contributed by atoms with van der Waals surface area (Å²) < 4.78 is 12.8. The molecule has 0 unspecified atom stereocenters. The van der Waals surface area contributed by atoms with Crippen molar-refractivity contribution in [2.45, 2.75) is 6.92 Å². The minimum atomic E-state index is -0.247. The maximum absolute atomic E-state index is 12.8. The predicted octanol–water partition coefficient (Wildman–Crippen LogP) is 2.88. The second-order valence-corrected chi connectivity index (χ2v) is 3.88. The van der Waals surface area contributed by atoms with Gasteiger partial charge in [0, 0.05) is 12.7 Å². The molecule has 0 saturated carbocycles. The summed E-state index contributed by atoms with van der Waals surface area (Å²) in [6, 6.07) is 9.93. The molecule has 0 amide bonds. The van der Waals surface area contributed by atoms with Gasteiger partial charge in [-0.15, -0.1) is 0 Å². The van der Waals surface area contributed by atoms with Crippen LogP contribution in [0.5, 0.6) is 0 Å². The molecule has 0 atom stereocenters. The Bertz CT molecular complexity index is 523. The zero-order valence-electron chi connectivity index (χ0n) is 9.81. The van der Waals surface area contributed by atoms with Crippen molar-refractivity contribution < 1.29 is 4.39 Å². The van der Waals surface area contributed by atoms with E-state index < -0.39 is 0 Å². The predicted molar refractivity (Wildman–Crippen MR) is 67.8 cm³/mol. The molecular formula is C13H14FN3. The van der Waals surface area contributed by atoms with E-state index in [0.29, 0.717) is 5.69 Å². The van der Waals surface area contributed by atoms with Gasteiger partial charge in [0.2, 0.25) is 0 Å². The lowest BCUT2D eigenvalue weighted by molar-refractivity contribution is 0.628. The molecule has 88 valence electrons. The number of hydrogen-bond acceptors (Lipinski definition) is 3. The van der Waals surface area contributed by atoms with Crippen LogP contribution in [0.2, 0.25) is 0 Å². The number of benzene rings is 1. The van der Waals surface area contributed by atoms with Gasteiger partial charge in [-0.05, 0) is 43.3 Å². The Morgan fingerprint density at radius 2 is 1.76 bits per heavy atom. The first-order valence-corrected chi connectivity index (χ1v) is 5.30. The van der Waals surface area contributed by atoms with E-state index in [2.05, 4.69) is 4.98 Å². The van der Waals surface area contributed by atoms with Crippen LogP contribution in [0.4, 0.5) is 21.6 Å². The van der Waals surface area contributed by atoms with Gasteiger partial charge < -0.3 is 10.6 Å². The molecule has 0 spiro atoms. The molecule has 4 heteroatoms. The molecule has 3 nitrogen and oxygen atoms in total. The molecule has 0 fully saturated rings. The third-order valence-corrected chi connectivity index (χ3v) is 2.67. The summed E-state index contributed by atoms with van der Waals surface area (Å²) in [6.45, 7) is 1.86. The van der Waals surface area contributed by atoms with Gasteiger partial charge >= 0.3 is 0 Å². The first-order chi connectivity index (χ1) is 8.08. The van der Waals surface area contributed by atoms with Crippen LogP contribution in [-0.2, 0) is 0 Å². The summed E-state index contributed by atoms with van der Waals surface area (Å²) in [5, 5.41) is 0. The lowest BCUT2D eigenvalue weighted by Gasteiger charge is -2.19. The lowest BCUT2D eigenvalue weighted by Crippen LogP contribution is -2.12. The number of hydrogen-bond donors (Lipinski definition) is 1. The first kappa shape index (κ1) is 11.4. The standard InChI is InChI=1S/C13H14FN3/c1-9-12(15)7-8-13(16-9)17(2)11-5-3-10(14)4-6-11/h3-8H,15H2,1-2H3. The SMILES string of the molecule is Cc1nc(N(C)c2ccc(F)cc2)ccc1N. The van der Waals surface area contributed by atoms with Crippen LogP contribution in [0, 0.1) is 12.7 Å². The number of nitrogens with two attached hydrogens (primary N) is 1. The average molecular weight is 231 g/mol. The minimum Gasteiger partial charge on any atom is -0.397 e. The number of nitrogens with zero attached hydrogens (tertiary/aromatic N) is 2. The molecule has 1 aromatic heterocycles. The number of aromatic nitrogens is 1. The van der Waals surface area contributed by atoms with Crippen LogP contribution in [0.3, 0.4) is 0 Å². The summed E-state index contributed by atoms with van der Waals surface area (Å²) in [5.74, 6) is 0.534. The molecule has 2 rings (SSSR count). The Balaban J connectivity index is 2.33. The minimum absolute atomic E-state index is 0.247. The van der Waals surface area contributed by atoms with E-state index >= 15 is 0 Å². The van der Waals surface area contributed by atoms with Crippen molar-refractivity contribution in [2.75, 3.05) is 17.7 Å². The van der Waals surface area contributed by atoms with Crippen molar-refractivity contribution in [3.05, 3.63) is 47.9 Å². The Hall–Kier alpha value is -2.10. The summed E-state index contributed by atoms with van der Waals surface area (Å²) in [4.78, 5) is 6.26. The van der Waals surface area contributed by atoms with E-state index in [4.69, 9.17) is 5.73 Å². The topological polar surface area (TPSA) is 42.2 Å². The quantitative estimate of drug-likeness (QED) is 0.864. The molecule has 0 bridgehead atoms. The van der Waals surface area contributed by atoms with Crippen molar-refractivity contribution in [3.63, 3.8) is 0 Å². The van der Waals surface area contributed by atoms with Crippen molar-refractivity contribution in [2.24, 2.45) is 0 Å². The smallest absolute Gasteiger partial charge is 0.133 e. The molecule has 1 heterocycles. The maximum Gasteiger partial charge on any atom is 0.133 e. The number of halogens is 1. The Morgan fingerprint density at radius 3 is 2.35 bits per heavy atom. The molecular weight excluding hydrogens is 217 g/mol. The zero-order valence-corrected chi connectivity index (χ0v) is 9.81. The second kappa shape index (κ2) is 4.41. The molecule has 17 heavy (non-hydrogen) atoms. The van der Waals surface area contributed by atoms with Gasteiger partial charge in [0.25, 0.3) is 0 Å². The number of aryl methyl sites for hydroxylation is 1. The summed E-state index contributed by atoms with van der Waals surface area (Å²) in [7, 11) is 1.88. The lowest BCUT2D eigenvalue weighted by atomic mass is 10.2.